The lowest BCUT2D eigenvalue weighted by molar-refractivity contribution is -0.141. The first kappa shape index (κ1) is 11.6. The van der Waals surface area contributed by atoms with Crippen molar-refractivity contribution in [1.29, 1.82) is 0 Å². The van der Waals surface area contributed by atoms with Crippen molar-refractivity contribution in [1.82, 2.24) is 9.88 Å². The van der Waals surface area contributed by atoms with E-state index >= 15 is 0 Å². The van der Waals surface area contributed by atoms with Crippen LogP contribution >= 0.6 is 11.3 Å². The predicted molar refractivity (Wildman–Crippen MR) is 65.2 cm³/mol. The summed E-state index contributed by atoms with van der Waals surface area (Å²) in [6.07, 6.45) is 2.55. The van der Waals surface area contributed by atoms with Crippen molar-refractivity contribution in [3.8, 4) is 0 Å². The average Bonchev–Trinajstić information content (AvgIpc) is 2.97. The van der Waals surface area contributed by atoms with Crippen LogP contribution in [0, 0.1) is 5.92 Å². The van der Waals surface area contributed by atoms with Gasteiger partial charge in [-0.3, -0.25) is 9.59 Å². The van der Waals surface area contributed by atoms with E-state index in [2.05, 4.69) is 10.4 Å². The third-order valence-corrected chi connectivity index (χ3v) is 4.31. The Morgan fingerprint density at radius 2 is 2.33 bits per heavy atom. The molecule has 1 aliphatic heterocycles. The molecule has 1 atom stereocenters. The monoisotopic (exact) mass is 266 g/mol. The van der Waals surface area contributed by atoms with Gasteiger partial charge in [0.05, 0.1) is 18.2 Å². The number of aliphatic carboxylic acids is 1. The van der Waals surface area contributed by atoms with E-state index in [-0.39, 0.29) is 12.3 Å². The Labute approximate surface area is 108 Å². The van der Waals surface area contributed by atoms with E-state index in [1.165, 1.54) is 12.8 Å². The Hall–Kier alpha value is -1.43. The van der Waals surface area contributed by atoms with Gasteiger partial charge < -0.3 is 10.0 Å². The molecule has 0 spiro atoms. The van der Waals surface area contributed by atoms with Gasteiger partial charge in [-0.1, -0.05) is 0 Å². The summed E-state index contributed by atoms with van der Waals surface area (Å²) in [5.41, 5.74) is 1.14. The zero-order valence-electron chi connectivity index (χ0n) is 9.83. The van der Waals surface area contributed by atoms with E-state index in [1.807, 2.05) is 0 Å². The molecule has 1 aliphatic carbocycles. The van der Waals surface area contributed by atoms with Gasteiger partial charge in [0.15, 0.2) is 0 Å². The molecule has 3 rings (SSSR count). The highest BCUT2D eigenvalue weighted by Crippen LogP contribution is 2.40. The lowest BCUT2D eigenvalue weighted by Gasteiger charge is -2.13. The molecule has 2 aliphatic rings. The topological polar surface area (TPSA) is 70.5 Å². The molecule has 6 heteroatoms. The molecule has 0 bridgehead atoms. The van der Waals surface area contributed by atoms with Crippen molar-refractivity contribution in [2.45, 2.75) is 31.7 Å². The lowest BCUT2D eigenvalue weighted by atomic mass is 10.1. The number of rotatable bonds is 4. The first-order valence-electron chi connectivity index (χ1n) is 6.08. The Balaban J connectivity index is 1.64. The summed E-state index contributed by atoms with van der Waals surface area (Å²) in [4.78, 5) is 28.7. The molecule has 2 fully saturated rings. The highest BCUT2D eigenvalue weighted by atomic mass is 32.1. The highest BCUT2D eigenvalue weighted by molar-refractivity contribution is 7.09. The Morgan fingerprint density at radius 3 is 2.94 bits per heavy atom. The number of carboxylic acids is 1. The molecule has 1 aromatic rings. The van der Waals surface area contributed by atoms with Gasteiger partial charge in [0.2, 0.25) is 5.91 Å². The summed E-state index contributed by atoms with van der Waals surface area (Å²) in [6.45, 7) is 0.770. The van der Waals surface area contributed by atoms with E-state index in [0.29, 0.717) is 19.0 Å². The van der Waals surface area contributed by atoms with Crippen LogP contribution in [-0.4, -0.2) is 33.4 Å². The van der Waals surface area contributed by atoms with Gasteiger partial charge >= 0.3 is 5.97 Å². The van der Waals surface area contributed by atoms with E-state index in [9.17, 15) is 9.59 Å². The van der Waals surface area contributed by atoms with Crippen LogP contribution in [0.1, 0.15) is 35.9 Å². The molecule has 2 heterocycles. The maximum Gasteiger partial charge on any atom is 0.308 e. The maximum absolute atomic E-state index is 11.7. The summed E-state index contributed by atoms with van der Waals surface area (Å²) in [5.74, 6) is -0.898. The fraction of sp³-hybridized carbons (Fsp3) is 0.583. The summed E-state index contributed by atoms with van der Waals surface area (Å²) >= 11 is 1.56. The molecule has 1 amide bonds. The van der Waals surface area contributed by atoms with E-state index in [4.69, 9.17) is 5.11 Å². The van der Waals surface area contributed by atoms with Crippen molar-refractivity contribution >= 4 is 23.2 Å². The average molecular weight is 266 g/mol. The first-order valence-corrected chi connectivity index (χ1v) is 6.96. The van der Waals surface area contributed by atoms with Crippen LogP contribution < -0.4 is 0 Å². The standard InChI is InChI=1S/C12H14N2O3S/c15-11-3-8(12(16)17)4-14(11)5-10-13-9(6-18-10)7-1-2-7/h6-8H,1-5H2,(H,16,17). The lowest BCUT2D eigenvalue weighted by Crippen LogP contribution is -2.25. The van der Waals surface area contributed by atoms with E-state index in [1.54, 1.807) is 16.2 Å². The van der Waals surface area contributed by atoms with Crippen LogP contribution in [0.4, 0.5) is 0 Å². The molecule has 96 valence electrons. The van der Waals surface area contributed by atoms with Gasteiger partial charge in [0, 0.05) is 24.3 Å². The van der Waals surface area contributed by atoms with Gasteiger partial charge in [0.1, 0.15) is 5.01 Å². The van der Waals surface area contributed by atoms with Crippen molar-refractivity contribution in [3.63, 3.8) is 0 Å². The molecular weight excluding hydrogens is 252 g/mol. The third-order valence-electron chi connectivity index (χ3n) is 3.45. The zero-order chi connectivity index (χ0) is 12.7. The second kappa shape index (κ2) is 4.35. The molecule has 0 aromatic carbocycles. The molecule has 1 N–H and O–H groups in total. The largest absolute Gasteiger partial charge is 0.481 e. The molecule has 1 saturated carbocycles. The smallest absolute Gasteiger partial charge is 0.308 e. The second-order valence-electron chi connectivity index (χ2n) is 4.95. The van der Waals surface area contributed by atoms with Crippen LogP contribution in [0.3, 0.4) is 0 Å². The molecule has 5 nitrogen and oxygen atoms in total. The maximum atomic E-state index is 11.7. The van der Waals surface area contributed by atoms with Crippen LogP contribution in [0.15, 0.2) is 5.38 Å². The number of hydrogen-bond donors (Lipinski definition) is 1. The Kier molecular flexibility index (Phi) is 2.81. The zero-order valence-corrected chi connectivity index (χ0v) is 10.7. The highest BCUT2D eigenvalue weighted by Gasteiger charge is 2.34. The van der Waals surface area contributed by atoms with Gasteiger partial charge in [-0.2, -0.15) is 0 Å². The minimum atomic E-state index is -0.886. The van der Waals surface area contributed by atoms with Crippen LogP contribution in [0.5, 0.6) is 0 Å². The van der Waals surface area contributed by atoms with E-state index in [0.717, 1.165) is 10.7 Å². The van der Waals surface area contributed by atoms with Crippen molar-refractivity contribution in [2.24, 2.45) is 5.92 Å². The molecule has 1 aromatic heterocycles. The van der Waals surface area contributed by atoms with Crippen molar-refractivity contribution in [3.05, 3.63) is 16.1 Å². The number of carboxylic acid groups (broad SMARTS) is 1. The number of aromatic nitrogens is 1. The van der Waals surface area contributed by atoms with Crippen molar-refractivity contribution < 1.29 is 14.7 Å². The number of nitrogens with zero attached hydrogens (tertiary/aromatic N) is 2. The minimum Gasteiger partial charge on any atom is -0.481 e. The minimum absolute atomic E-state index is 0.0782. The SMILES string of the molecule is O=C(O)C1CC(=O)N(Cc2nc(C3CC3)cs2)C1. The summed E-state index contributed by atoms with van der Waals surface area (Å²) in [6, 6.07) is 0. The first-order chi connectivity index (χ1) is 8.63. The Bertz CT molecular complexity index is 495. The fourth-order valence-electron chi connectivity index (χ4n) is 2.22. The number of carbonyl (C=O) groups is 2. The van der Waals surface area contributed by atoms with Gasteiger partial charge in [-0.15, -0.1) is 11.3 Å². The van der Waals surface area contributed by atoms with Gasteiger partial charge in [-0.25, -0.2) is 4.98 Å². The summed E-state index contributed by atoms with van der Waals surface area (Å²) in [5, 5.41) is 11.9. The molecule has 1 unspecified atom stereocenters. The molecule has 18 heavy (non-hydrogen) atoms. The number of amides is 1. The van der Waals surface area contributed by atoms with Gasteiger partial charge in [-0.05, 0) is 12.8 Å². The second-order valence-corrected chi connectivity index (χ2v) is 5.90. The predicted octanol–water partition coefficient (Wildman–Crippen LogP) is 1.45. The molecular formula is C12H14N2O3S. The number of thiazole rings is 1. The van der Waals surface area contributed by atoms with Gasteiger partial charge in [0.25, 0.3) is 0 Å². The summed E-state index contributed by atoms with van der Waals surface area (Å²) < 4.78 is 0. The molecule has 1 saturated heterocycles. The third kappa shape index (κ3) is 2.25. The van der Waals surface area contributed by atoms with Crippen LogP contribution in [0.2, 0.25) is 0 Å². The number of hydrogen-bond acceptors (Lipinski definition) is 4. The number of carbonyl (C=O) groups excluding carboxylic acids is 1. The number of likely N-dealkylation sites (tertiary alicyclic amines) is 1. The normalized spacial score (nSPS) is 23.7. The quantitative estimate of drug-likeness (QED) is 0.895. The van der Waals surface area contributed by atoms with Crippen molar-refractivity contribution in [2.75, 3.05) is 6.54 Å². The summed E-state index contributed by atoms with van der Waals surface area (Å²) in [7, 11) is 0. The van der Waals surface area contributed by atoms with Crippen LogP contribution in [0.25, 0.3) is 0 Å². The Morgan fingerprint density at radius 1 is 1.56 bits per heavy atom. The van der Waals surface area contributed by atoms with Crippen LogP contribution in [-0.2, 0) is 16.1 Å². The molecule has 0 radical (unpaired) electrons. The fourth-order valence-corrected chi connectivity index (χ4v) is 3.11. The van der Waals surface area contributed by atoms with E-state index < -0.39 is 11.9 Å².